The van der Waals surface area contributed by atoms with Crippen LogP contribution in [0, 0.1) is 5.92 Å². The molecule has 0 radical (unpaired) electrons. The van der Waals surface area contributed by atoms with E-state index in [2.05, 4.69) is 10.2 Å². The predicted molar refractivity (Wildman–Crippen MR) is 146 cm³/mol. The Morgan fingerprint density at radius 2 is 1.71 bits per heavy atom. The third kappa shape index (κ3) is 9.52. The Hall–Kier alpha value is -2.77. The molecule has 1 N–H and O–H groups in total. The molecule has 0 aromatic heterocycles. The molecule has 2 atom stereocenters. The quantitative estimate of drug-likeness (QED) is 0.357. The molecule has 2 aromatic rings. The molecule has 2 heterocycles. The van der Waals surface area contributed by atoms with E-state index >= 15 is 0 Å². The van der Waals surface area contributed by atoms with Gasteiger partial charge in [0.05, 0.1) is 0 Å². The van der Waals surface area contributed by atoms with Crippen molar-refractivity contribution in [1.82, 2.24) is 10.2 Å². The summed E-state index contributed by atoms with van der Waals surface area (Å²) in [5.74, 6) is 1.22. The highest BCUT2D eigenvalue weighted by atomic mass is 19.1. The van der Waals surface area contributed by atoms with Gasteiger partial charge in [0.1, 0.15) is 24.3 Å². The Morgan fingerprint density at radius 3 is 2.42 bits per heavy atom. The van der Waals surface area contributed by atoms with Crippen LogP contribution in [0.1, 0.15) is 56.1 Å². The Morgan fingerprint density at radius 1 is 0.974 bits per heavy atom. The molecule has 2 aliphatic rings. The number of alkyl halides is 1. The molecule has 6 nitrogen and oxygen atoms in total. The van der Waals surface area contributed by atoms with Crippen molar-refractivity contribution in [3.63, 3.8) is 0 Å². The highest BCUT2D eigenvalue weighted by molar-refractivity contribution is 5.81. The summed E-state index contributed by atoms with van der Waals surface area (Å²) in [5, 5.41) is 3.18. The summed E-state index contributed by atoms with van der Waals surface area (Å²) in [6, 6.07) is 17.9. The van der Waals surface area contributed by atoms with Crippen LogP contribution in [0.5, 0.6) is 5.75 Å². The van der Waals surface area contributed by atoms with Crippen molar-refractivity contribution in [3.8, 4) is 5.75 Å². The standard InChI is InChI=1S/C31H41FN2O4/c32-27-14-17-34(21-27)22-28(33-31(36)9-5-4-8-30(35)26-15-18-37-19-16-26)20-24-10-12-29(13-11-24)38-23-25-6-2-1-3-7-25/h1-3,6-7,10-13,26-28H,4-5,8-9,14-23H2,(H,33,36)/t27-,28+/m1/s1. The maximum absolute atomic E-state index is 13.8. The first kappa shape index (κ1) is 28.2. The van der Waals surface area contributed by atoms with Gasteiger partial charge in [-0.25, -0.2) is 4.39 Å². The first-order valence-electron chi connectivity index (χ1n) is 14.1. The van der Waals surface area contributed by atoms with Crippen LogP contribution in [0.25, 0.3) is 0 Å². The van der Waals surface area contributed by atoms with Crippen molar-refractivity contribution < 1.29 is 23.5 Å². The van der Waals surface area contributed by atoms with Gasteiger partial charge in [-0.2, -0.15) is 0 Å². The van der Waals surface area contributed by atoms with Crippen LogP contribution in [0.15, 0.2) is 54.6 Å². The first-order chi connectivity index (χ1) is 18.5. The Kier molecular flexibility index (Phi) is 11.1. The summed E-state index contributed by atoms with van der Waals surface area (Å²) in [7, 11) is 0. The minimum Gasteiger partial charge on any atom is -0.489 e. The molecular formula is C31H41FN2O4. The van der Waals surface area contributed by atoms with E-state index in [1.165, 1.54) is 0 Å². The van der Waals surface area contributed by atoms with Crippen LogP contribution in [0.3, 0.4) is 0 Å². The number of Topliss-reactive ketones (excluding diaryl/α,β-unsaturated/α-hetero) is 1. The number of hydrogen-bond acceptors (Lipinski definition) is 5. The molecule has 2 fully saturated rings. The molecule has 0 spiro atoms. The fourth-order valence-corrected chi connectivity index (χ4v) is 5.28. The van der Waals surface area contributed by atoms with Crippen molar-refractivity contribution in [1.29, 1.82) is 0 Å². The van der Waals surface area contributed by atoms with Crippen LogP contribution < -0.4 is 10.1 Å². The van der Waals surface area contributed by atoms with Crippen LogP contribution in [-0.2, 0) is 27.4 Å². The lowest BCUT2D eigenvalue weighted by atomic mass is 9.92. The number of nitrogens with zero attached hydrogens (tertiary/aromatic N) is 1. The lowest BCUT2D eigenvalue weighted by Crippen LogP contribution is -2.44. The molecule has 0 aliphatic carbocycles. The van der Waals surface area contributed by atoms with E-state index in [0.29, 0.717) is 77.3 Å². The van der Waals surface area contributed by atoms with Crippen molar-refractivity contribution in [3.05, 3.63) is 65.7 Å². The zero-order chi connectivity index (χ0) is 26.6. The SMILES string of the molecule is O=C(CCCCC(=O)C1CCOCC1)N[C@@H](Cc1ccc(OCc2ccccc2)cc1)CN1CC[C@@H](F)C1. The van der Waals surface area contributed by atoms with Crippen molar-refractivity contribution in [2.75, 3.05) is 32.8 Å². The predicted octanol–water partition coefficient (Wildman–Crippen LogP) is 4.89. The minimum atomic E-state index is -0.791. The van der Waals surface area contributed by atoms with E-state index in [9.17, 15) is 14.0 Å². The number of halogens is 1. The molecule has 2 aliphatic heterocycles. The number of nitrogens with one attached hydrogen (secondary N) is 1. The third-order valence-electron chi connectivity index (χ3n) is 7.47. The molecular weight excluding hydrogens is 483 g/mol. The van der Waals surface area contributed by atoms with Crippen molar-refractivity contribution in [2.24, 2.45) is 5.92 Å². The second kappa shape index (κ2) is 15.0. The molecule has 0 unspecified atom stereocenters. The van der Waals surface area contributed by atoms with Gasteiger partial charge in [-0.1, -0.05) is 42.5 Å². The monoisotopic (exact) mass is 524 g/mol. The third-order valence-corrected chi connectivity index (χ3v) is 7.47. The van der Waals surface area contributed by atoms with Gasteiger partial charge < -0.3 is 14.8 Å². The highest BCUT2D eigenvalue weighted by Crippen LogP contribution is 2.20. The van der Waals surface area contributed by atoms with Crippen LogP contribution in [0.2, 0.25) is 0 Å². The Labute approximate surface area is 225 Å². The second-order valence-corrected chi connectivity index (χ2v) is 10.6. The number of unbranched alkanes of at least 4 members (excludes halogenated alkanes) is 1. The molecule has 4 rings (SSSR count). The number of ketones is 1. The highest BCUT2D eigenvalue weighted by Gasteiger charge is 2.25. The number of carbonyl (C=O) groups is 2. The van der Waals surface area contributed by atoms with Crippen LogP contribution >= 0.6 is 0 Å². The topological polar surface area (TPSA) is 67.9 Å². The summed E-state index contributed by atoms with van der Waals surface area (Å²) in [6.45, 7) is 3.62. The minimum absolute atomic E-state index is 0.00711. The molecule has 2 aromatic carbocycles. The zero-order valence-electron chi connectivity index (χ0n) is 22.3. The van der Waals surface area contributed by atoms with E-state index in [1.54, 1.807) is 0 Å². The molecule has 38 heavy (non-hydrogen) atoms. The molecule has 0 bridgehead atoms. The van der Waals surface area contributed by atoms with Gasteiger partial charge in [-0.15, -0.1) is 0 Å². The van der Waals surface area contributed by atoms with E-state index < -0.39 is 6.17 Å². The summed E-state index contributed by atoms with van der Waals surface area (Å²) in [5.41, 5.74) is 2.21. The summed E-state index contributed by atoms with van der Waals surface area (Å²) in [6.07, 6.45) is 4.41. The average molecular weight is 525 g/mol. The molecule has 7 heteroatoms. The Balaban J connectivity index is 1.24. The normalized spacial score (nSPS) is 19.2. The summed E-state index contributed by atoms with van der Waals surface area (Å²) in [4.78, 5) is 27.3. The fourth-order valence-electron chi connectivity index (χ4n) is 5.28. The van der Waals surface area contributed by atoms with E-state index in [0.717, 1.165) is 36.1 Å². The fraction of sp³-hybridized carbons (Fsp3) is 0.548. The van der Waals surface area contributed by atoms with Gasteiger partial charge in [-0.05, 0) is 61.8 Å². The maximum atomic E-state index is 13.8. The number of carbonyl (C=O) groups excluding carboxylic acids is 2. The average Bonchev–Trinajstić information content (AvgIpc) is 3.35. The van der Waals surface area contributed by atoms with Crippen molar-refractivity contribution >= 4 is 11.7 Å². The number of rotatable bonds is 14. The summed E-state index contributed by atoms with van der Waals surface area (Å²) >= 11 is 0. The van der Waals surface area contributed by atoms with Gasteiger partial charge >= 0.3 is 0 Å². The summed E-state index contributed by atoms with van der Waals surface area (Å²) < 4.78 is 25.0. The first-order valence-corrected chi connectivity index (χ1v) is 14.1. The van der Waals surface area contributed by atoms with Gasteiger partial charge in [-0.3, -0.25) is 14.5 Å². The van der Waals surface area contributed by atoms with Gasteiger partial charge in [0, 0.05) is 57.6 Å². The van der Waals surface area contributed by atoms with E-state index in [1.807, 2.05) is 54.6 Å². The van der Waals surface area contributed by atoms with Crippen LogP contribution in [-0.4, -0.2) is 61.7 Å². The number of ether oxygens (including phenoxy) is 2. The number of likely N-dealkylation sites (tertiary alicyclic amines) is 1. The number of hydrogen-bond donors (Lipinski definition) is 1. The molecule has 0 saturated carbocycles. The van der Waals surface area contributed by atoms with E-state index in [4.69, 9.17) is 9.47 Å². The number of benzene rings is 2. The van der Waals surface area contributed by atoms with Gasteiger partial charge in [0.2, 0.25) is 5.91 Å². The molecule has 206 valence electrons. The lowest BCUT2D eigenvalue weighted by molar-refractivity contribution is -0.126. The Bertz CT molecular complexity index is 995. The van der Waals surface area contributed by atoms with Crippen molar-refractivity contribution in [2.45, 2.75) is 70.2 Å². The maximum Gasteiger partial charge on any atom is 0.220 e. The largest absolute Gasteiger partial charge is 0.489 e. The molecule has 1 amide bonds. The smallest absolute Gasteiger partial charge is 0.220 e. The van der Waals surface area contributed by atoms with Gasteiger partial charge in [0.15, 0.2) is 0 Å². The van der Waals surface area contributed by atoms with Crippen LogP contribution in [0.4, 0.5) is 4.39 Å². The molecule has 2 saturated heterocycles. The van der Waals surface area contributed by atoms with Gasteiger partial charge in [0.25, 0.3) is 0 Å². The van der Waals surface area contributed by atoms with E-state index in [-0.39, 0.29) is 17.9 Å². The lowest BCUT2D eigenvalue weighted by Gasteiger charge is -2.25. The second-order valence-electron chi connectivity index (χ2n) is 10.6. The number of amides is 1. The zero-order valence-corrected chi connectivity index (χ0v) is 22.3.